The molecule has 1 atom stereocenters. The molecular weight excluding hydrogens is 354 g/mol. The van der Waals surface area contributed by atoms with Crippen LogP contribution in [0.4, 0.5) is 0 Å². The van der Waals surface area contributed by atoms with Gasteiger partial charge >= 0.3 is 0 Å². The first-order valence-electron chi connectivity index (χ1n) is 9.89. The second-order valence-electron chi connectivity index (χ2n) is 7.69. The van der Waals surface area contributed by atoms with Gasteiger partial charge in [0, 0.05) is 19.3 Å². The minimum Gasteiger partial charge on any atom is -0.454 e. The Morgan fingerprint density at radius 1 is 1.25 bits per heavy atom. The summed E-state index contributed by atoms with van der Waals surface area (Å²) in [5.74, 6) is 2.09. The van der Waals surface area contributed by atoms with Crippen LogP contribution in [0, 0.1) is 12.8 Å². The van der Waals surface area contributed by atoms with Crippen LogP contribution >= 0.6 is 0 Å². The smallest absolute Gasteiger partial charge is 0.231 e. The highest BCUT2D eigenvalue weighted by Gasteiger charge is 2.22. The Morgan fingerprint density at radius 3 is 2.86 bits per heavy atom. The molecule has 1 aliphatic heterocycles. The molecule has 28 heavy (non-hydrogen) atoms. The number of benzene rings is 1. The lowest BCUT2D eigenvalue weighted by Gasteiger charge is -2.28. The largest absolute Gasteiger partial charge is 0.454 e. The van der Waals surface area contributed by atoms with Crippen molar-refractivity contribution in [3.63, 3.8) is 0 Å². The Labute approximate surface area is 165 Å². The molecule has 1 aromatic heterocycles. The summed E-state index contributed by atoms with van der Waals surface area (Å²) in [6.07, 6.45) is 8.08. The second-order valence-corrected chi connectivity index (χ2v) is 7.69. The number of ether oxygens (including phenoxy) is 2. The summed E-state index contributed by atoms with van der Waals surface area (Å²) in [7, 11) is 1.93. The molecule has 0 spiro atoms. The number of hydrogen-bond acceptors (Lipinski definition) is 4. The molecule has 1 aliphatic carbocycles. The molecule has 2 aromatic rings. The van der Waals surface area contributed by atoms with E-state index in [0.717, 1.165) is 54.3 Å². The minimum atomic E-state index is 0.122. The zero-order chi connectivity index (χ0) is 19.5. The van der Waals surface area contributed by atoms with Gasteiger partial charge in [-0.1, -0.05) is 18.2 Å². The molecule has 148 valence electrons. The highest BCUT2D eigenvalue weighted by molar-refractivity contribution is 5.79. The molecule has 6 heteroatoms. The molecule has 0 saturated heterocycles. The van der Waals surface area contributed by atoms with E-state index in [4.69, 9.17) is 9.47 Å². The van der Waals surface area contributed by atoms with Crippen LogP contribution in [0.2, 0.25) is 0 Å². The normalized spacial score (nSPS) is 17.7. The average molecular weight is 381 g/mol. The van der Waals surface area contributed by atoms with Gasteiger partial charge in [0.05, 0.1) is 18.7 Å². The Morgan fingerprint density at radius 2 is 2.11 bits per heavy atom. The fourth-order valence-corrected chi connectivity index (χ4v) is 3.83. The van der Waals surface area contributed by atoms with Gasteiger partial charge in [0.15, 0.2) is 11.5 Å². The molecule has 0 radical (unpaired) electrons. The number of nitrogens with zero attached hydrogens (tertiary/aromatic N) is 3. The number of allylic oxidation sites excluding steroid dienone is 2. The number of carbonyl (C=O) groups is 1. The molecule has 0 unspecified atom stereocenters. The van der Waals surface area contributed by atoms with Gasteiger partial charge in [0.25, 0.3) is 0 Å². The fraction of sp³-hybridized carbons (Fsp3) is 0.455. The van der Waals surface area contributed by atoms with Crippen LogP contribution in [0.3, 0.4) is 0 Å². The van der Waals surface area contributed by atoms with Gasteiger partial charge in [-0.3, -0.25) is 9.48 Å². The lowest BCUT2D eigenvalue weighted by atomic mass is 9.93. The fourth-order valence-electron chi connectivity index (χ4n) is 3.83. The highest BCUT2D eigenvalue weighted by atomic mass is 16.7. The maximum atomic E-state index is 13.2. The predicted octanol–water partition coefficient (Wildman–Crippen LogP) is 3.38. The lowest BCUT2D eigenvalue weighted by Crippen LogP contribution is -2.36. The van der Waals surface area contributed by atoms with Gasteiger partial charge in [0.2, 0.25) is 12.7 Å². The SMILES string of the molecule is Cc1cc(CN(C[C@H]2CC=CCC2)C(=O)Cc2ccc3c(c2)OCO3)nn1C. The van der Waals surface area contributed by atoms with E-state index in [-0.39, 0.29) is 12.7 Å². The predicted molar refractivity (Wildman–Crippen MR) is 106 cm³/mol. The van der Waals surface area contributed by atoms with Crippen LogP contribution in [0.25, 0.3) is 0 Å². The Hall–Kier alpha value is -2.76. The van der Waals surface area contributed by atoms with Crippen molar-refractivity contribution in [3.05, 3.63) is 53.4 Å². The maximum Gasteiger partial charge on any atom is 0.231 e. The van der Waals surface area contributed by atoms with E-state index >= 15 is 0 Å². The Balaban J connectivity index is 1.49. The number of aromatic nitrogens is 2. The van der Waals surface area contributed by atoms with Crippen molar-refractivity contribution >= 4 is 5.91 Å². The summed E-state index contributed by atoms with van der Waals surface area (Å²) in [4.78, 5) is 15.2. The molecule has 1 aromatic carbocycles. The number of carbonyl (C=O) groups excluding carboxylic acids is 1. The van der Waals surface area contributed by atoms with Gasteiger partial charge < -0.3 is 14.4 Å². The van der Waals surface area contributed by atoms with Crippen molar-refractivity contribution in [1.29, 1.82) is 0 Å². The van der Waals surface area contributed by atoms with E-state index in [1.54, 1.807) is 0 Å². The Bertz CT molecular complexity index is 868. The highest BCUT2D eigenvalue weighted by Crippen LogP contribution is 2.32. The molecule has 0 fully saturated rings. The third-order valence-electron chi connectivity index (χ3n) is 5.52. The number of fused-ring (bicyclic) bond motifs is 1. The molecule has 2 aliphatic rings. The molecule has 1 amide bonds. The van der Waals surface area contributed by atoms with Crippen LogP contribution in [0.1, 0.15) is 36.2 Å². The molecule has 4 rings (SSSR count). The van der Waals surface area contributed by atoms with Crippen molar-refractivity contribution in [2.45, 2.75) is 39.2 Å². The van der Waals surface area contributed by atoms with Gasteiger partial charge in [-0.05, 0) is 55.9 Å². The van der Waals surface area contributed by atoms with Gasteiger partial charge in [0.1, 0.15) is 0 Å². The number of hydrogen-bond donors (Lipinski definition) is 0. The standard InChI is InChI=1S/C22H27N3O3/c1-16-10-19(23-24(16)2)14-25(13-17-6-4-3-5-7-17)22(26)12-18-8-9-20-21(11-18)28-15-27-20/h3-4,8-11,17H,5-7,12-15H2,1-2H3/t17-/m0/s1. The zero-order valence-electron chi connectivity index (χ0n) is 16.6. The number of aryl methyl sites for hydroxylation is 2. The Kier molecular flexibility index (Phi) is 5.37. The first-order chi connectivity index (χ1) is 13.6. The zero-order valence-corrected chi connectivity index (χ0v) is 16.6. The van der Waals surface area contributed by atoms with Crippen molar-refractivity contribution < 1.29 is 14.3 Å². The third kappa shape index (κ3) is 4.21. The van der Waals surface area contributed by atoms with E-state index in [0.29, 0.717) is 18.9 Å². The number of amides is 1. The summed E-state index contributed by atoms with van der Waals surface area (Å²) in [6.45, 7) is 3.59. The average Bonchev–Trinajstić information content (AvgIpc) is 3.27. The summed E-state index contributed by atoms with van der Waals surface area (Å²) in [5.41, 5.74) is 2.98. The first-order valence-corrected chi connectivity index (χ1v) is 9.89. The van der Waals surface area contributed by atoms with E-state index < -0.39 is 0 Å². The summed E-state index contributed by atoms with van der Waals surface area (Å²) in [6, 6.07) is 7.79. The van der Waals surface area contributed by atoms with Crippen LogP contribution in [0.5, 0.6) is 11.5 Å². The van der Waals surface area contributed by atoms with Crippen LogP contribution < -0.4 is 9.47 Å². The lowest BCUT2D eigenvalue weighted by molar-refractivity contribution is -0.131. The molecule has 6 nitrogen and oxygen atoms in total. The van der Waals surface area contributed by atoms with E-state index in [1.807, 2.05) is 41.8 Å². The van der Waals surface area contributed by atoms with Crippen molar-refractivity contribution in [2.24, 2.45) is 13.0 Å². The van der Waals surface area contributed by atoms with Crippen LogP contribution in [-0.4, -0.2) is 33.9 Å². The number of rotatable bonds is 6. The molecule has 0 bridgehead atoms. The quantitative estimate of drug-likeness (QED) is 0.720. The minimum absolute atomic E-state index is 0.122. The summed E-state index contributed by atoms with van der Waals surface area (Å²) >= 11 is 0. The third-order valence-corrected chi connectivity index (χ3v) is 5.52. The molecule has 0 saturated carbocycles. The van der Waals surface area contributed by atoms with E-state index in [1.165, 1.54) is 0 Å². The van der Waals surface area contributed by atoms with Crippen molar-refractivity contribution in [3.8, 4) is 11.5 Å². The maximum absolute atomic E-state index is 13.2. The second kappa shape index (κ2) is 8.09. The topological polar surface area (TPSA) is 56.6 Å². The van der Waals surface area contributed by atoms with Crippen LogP contribution in [-0.2, 0) is 24.8 Å². The van der Waals surface area contributed by atoms with Gasteiger partial charge in [-0.15, -0.1) is 0 Å². The van der Waals surface area contributed by atoms with Crippen molar-refractivity contribution in [2.75, 3.05) is 13.3 Å². The monoisotopic (exact) mass is 381 g/mol. The summed E-state index contributed by atoms with van der Waals surface area (Å²) < 4.78 is 12.7. The molecule has 0 N–H and O–H groups in total. The van der Waals surface area contributed by atoms with Crippen molar-refractivity contribution in [1.82, 2.24) is 14.7 Å². The molecular formula is C22H27N3O3. The van der Waals surface area contributed by atoms with E-state index in [9.17, 15) is 4.79 Å². The van der Waals surface area contributed by atoms with Crippen LogP contribution in [0.15, 0.2) is 36.4 Å². The summed E-state index contributed by atoms with van der Waals surface area (Å²) in [5, 5.41) is 4.55. The molecule has 2 heterocycles. The van der Waals surface area contributed by atoms with Gasteiger partial charge in [-0.25, -0.2) is 0 Å². The first kappa shape index (κ1) is 18.6. The van der Waals surface area contributed by atoms with Gasteiger partial charge in [-0.2, -0.15) is 5.10 Å². The van der Waals surface area contributed by atoms with E-state index in [2.05, 4.69) is 23.3 Å².